The van der Waals surface area contributed by atoms with E-state index in [1.165, 1.54) is 32.1 Å². The Morgan fingerprint density at radius 1 is 1.29 bits per heavy atom. The average Bonchev–Trinajstić information content (AvgIpc) is 2.32. The van der Waals surface area contributed by atoms with Gasteiger partial charge in [0.2, 0.25) is 5.91 Å². The zero-order valence-corrected chi connectivity index (χ0v) is 11.4. The molecule has 1 rings (SSSR count). The molecule has 1 fully saturated rings. The molecule has 0 spiro atoms. The fourth-order valence-corrected chi connectivity index (χ4v) is 2.41. The van der Waals surface area contributed by atoms with Gasteiger partial charge in [0.1, 0.15) is 0 Å². The van der Waals surface area contributed by atoms with Crippen LogP contribution in [-0.4, -0.2) is 24.5 Å². The third-order valence-corrected chi connectivity index (χ3v) is 3.62. The molecule has 2 unspecified atom stereocenters. The number of amides is 1. The highest BCUT2D eigenvalue weighted by Crippen LogP contribution is 2.09. The quantitative estimate of drug-likeness (QED) is 0.672. The Hall–Kier alpha value is -0.570. The lowest BCUT2D eigenvalue weighted by Crippen LogP contribution is -2.51. The number of piperidine rings is 1. The normalized spacial score (nSPS) is 24.6. The molecule has 0 radical (unpaired) electrons. The number of hydrogen-bond donors (Lipinski definition) is 2. The molecule has 17 heavy (non-hydrogen) atoms. The Labute approximate surface area is 106 Å². The van der Waals surface area contributed by atoms with Gasteiger partial charge in [0.25, 0.3) is 0 Å². The average molecular weight is 240 g/mol. The number of carbonyl (C=O) groups is 1. The summed E-state index contributed by atoms with van der Waals surface area (Å²) < 4.78 is 0. The number of unbranched alkanes of at least 4 members (excludes halogenated alkanes) is 4. The largest absolute Gasteiger partial charge is 0.352 e. The van der Waals surface area contributed by atoms with Gasteiger partial charge in [0, 0.05) is 18.5 Å². The van der Waals surface area contributed by atoms with Crippen molar-refractivity contribution < 1.29 is 4.79 Å². The van der Waals surface area contributed by atoms with E-state index >= 15 is 0 Å². The lowest BCUT2D eigenvalue weighted by Gasteiger charge is -2.30. The standard InChI is InChI=1S/C14H28N2O/c1-3-4-5-6-7-10-14(17)16-13-9-8-11-15-12(13)2/h12-13,15H,3-11H2,1-2H3,(H,16,17). The summed E-state index contributed by atoms with van der Waals surface area (Å²) in [5.74, 6) is 0.238. The van der Waals surface area contributed by atoms with Crippen molar-refractivity contribution in [2.24, 2.45) is 0 Å². The summed E-state index contributed by atoms with van der Waals surface area (Å²) in [7, 11) is 0. The van der Waals surface area contributed by atoms with E-state index in [1.54, 1.807) is 0 Å². The third kappa shape index (κ3) is 6.06. The van der Waals surface area contributed by atoms with Crippen LogP contribution in [0.15, 0.2) is 0 Å². The molecule has 1 amide bonds. The molecular formula is C14H28N2O. The lowest BCUT2D eigenvalue weighted by atomic mass is 9.99. The highest BCUT2D eigenvalue weighted by Gasteiger charge is 2.21. The van der Waals surface area contributed by atoms with Crippen molar-refractivity contribution in [1.82, 2.24) is 10.6 Å². The van der Waals surface area contributed by atoms with E-state index < -0.39 is 0 Å². The first kappa shape index (κ1) is 14.5. The molecule has 3 heteroatoms. The molecule has 1 aliphatic heterocycles. The topological polar surface area (TPSA) is 41.1 Å². The summed E-state index contributed by atoms with van der Waals surface area (Å²) >= 11 is 0. The zero-order valence-electron chi connectivity index (χ0n) is 11.4. The van der Waals surface area contributed by atoms with Crippen molar-refractivity contribution in [3.8, 4) is 0 Å². The molecule has 0 bridgehead atoms. The minimum Gasteiger partial charge on any atom is -0.352 e. The molecule has 0 aromatic heterocycles. The molecule has 3 nitrogen and oxygen atoms in total. The highest BCUT2D eigenvalue weighted by molar-refractivity contribution is 5.76. The summed E-state index contributed by atoms with van der Waals surface area (Å²) in [4.78, 5) is 11.8. The van der Waals surface area contributed by atoms with Crippen LogP contribution < -0.4 is 10.6 Å². The van der Waals surface area contributed by atoms with E-state index in [-0.39, 0.29) is 5.91 Å². The van der Waals surface area contributed by atoms with Gasteiger partial charge >= 0.3 is 0 Å². The smallest absolute Gasteiger partial charge is 0.220 e. The van der Waals surface area contributed by atoms with Gasteiger partial charge in [0.15, 0.2) is 0 Å². The van der Waals surface area contributed by atoms with E-state index in [2.05, 4.69) is 24.5 Å². The van der Waals surface area contributed by atoms with E-state index in [0.29, 0.717) is 18.5 Å². The van der Waals surface area contributed by atoms with Gasteiger partial charge in [-0.3, -0.25) is 4.79 Å². The van der Waals surface area contributed by atoms with Gasteiger partial charge in [-0.2, -0.15) is 0 Å². The molecule has 1 heterocycles. The second kappa shape index (κ2) is 8.51. The van der Waals surface area contributed by atoms with E-state index in [0.717, 1.165) is 19.4 Å². The van der Waals surface area contributed by atoms with E-state index in [4.69, 9.17) is 0 Å². The SMILES string of the molecule is CCCCCCCC(=O)NC1CCCNC1C. The fraction of sp³-hybridized carbons (Fsp3) is 0.929. The second-order valence-electron chi connectivity index (χ2n) is 5.22. The van der Waals surface area contributed by atoms with Crippen LogP contribution in [0.1, 0.15) is 65.2 Å². The van der Waals surface area contributed by atoms with Crippen LogP contribution in [-0.2, 0) is 4.79 Å². The first-order valence-electron chi connectivity index (χ1n) is 7.26. The number of carbonyl (C=O) groups excluding carboxylic acids is 1. The van der Waals surface area contributed by atoms with Crippen LogP contribution in [0.3, 0.4) is 0 Å². The zero-order chi connectivity index (χ0) is 12.5. The maximum Gasteiger partial charge on any atom is 0.220 e. The first-order valence-corrected chi connectivity index (χ1v) is 7.26. The molecule has 0 aliphatic carbocycles. The number of hydrogen-bond acceptors (Lipinski definition) is 2. The second-order valence-corrected chi connectivity index (χ2v) is 5.22. The molecular weight excluding hydrogens is 212 g/mol. The summed E-state index contributed by atoms with van der Waals surface area (Å²) in [5.41, 5.74) is 0. The van der Waals surface area contributed by atoms with Crippen LogP contribution in [0, 0.1) is 0 Å². The van der Waals surface area contributed by atoms with Gasteiger partial charge in [0.05, 0.1) is 0 Å². The van der Waals surface area contributed by atoms with Crippen molar-refractivity contribution in [3.05, 3.63) is 0 Å². The lowest BCUT2D eigenvalue weighted by molar-refractivity contribution is -0.122. The summed E-state index contributed by atoms with van der Waals surface area (Å²) in [6.45, 7) is 5.46. The fourth-order valence-electron chi connectivity index (χ4n) is 2.41. The van der Waals surface area contributed by atoms with Crippen LogP contribution in [0.2, 0.25) is 0 Å². The van der Waals surface area contributed by atoms with Crippen molar-refractivity contribution in [3.63, 3.8) is 0 Å². The number of nitrogens with one attached hydrogen (secondary N) is 2. The summed E-state index contributed by atoms with van der Waals surface area (Å²) in [5, 5.41) is 6.56. The van der Waals surface area contributed by atoms with Gasteiger partial charge < -0.3 is 10.6 Å². The van der Waals surface area contributed by atoms with Gasteiger partial charge in [-0.15, -0.1) is 0 Å². The van der Waals surface area contributed by atoms with E-state index in [9.17, 15) is 4.79 Å². The Bertz CT molecular complexity index is 218. The Morgan fingerprint density at radius 2 is 2.06 bits per heavy atom. The third-order valence-electron chi connectivity index (χ3n) is 3.62. The molecule has 1 saturated heterocycles. The first-order chi connectivity index (χ1) is 8.24. The highest BCUT2D eigenvalue weighted by atomic mass is 16.1. The molecule has 0 saturated carbocycles. The molecule has 2 atom stereocenters. The molecule has 1 aliphatic rings. The molecule has 0 aromatic rings. The minimum atomic E-state index is 0.238. The van der Waals surface area contributed by atoms with Crippen molar-refractivity contribution >= 4 is 5.91 Å². The predicted molar refractivity (Wildman–Crippen MR) is 72.0 cm³/mol. The van der Waals surface area contributed by atoms with Crippen LogP contribution in [0.4, 0.5) is 0 Å². The predicted octanol–water partition coefficient (Wildman–Crippen LogP) is 2.60. The maximum absolute atomic E-state index is 11.8. The number of rotatable bonds is 7. The van der Waals surface area contributed by atoms with Crippen LogP contribution in [0.25, 0.3) is 0 Å². The van der Waals surface area contributed by atoms with Gasteiger partial charge in [-0.05, 0) is 32.7 Å². The maximum atomic E-state index is 11.8. The molecule has 0 aromatic carbocycles. The van der Waals surface area contributed by atoms with Crippen molar-refractivity contribution in [2.75, 3.05) is 6.54 Å². The Balaban J connectivity index is 2.07. The van der Waals surface area contributed by atoms with Crippen LogP contribution in [0.5, 0.6) is 0 Å². The van der Waals surface area contributed by atoms with Crippen molar-refractivity contribution in [1.29, 1.82) is 0 Å². The molecule has 2 N–H and O–H groups in total. The van der Waals surface area contributed by atoms with E-state index in [1.807, 2.05) is 0 Å². The minimum absolute atomic E-state index is 0.238. The Kier molecular flexibility index (Phi) is 7.25. The molecule has 100 valence electrons. The van der Waals surface area contributed by atoms with Crippen LogP contribution >= 0.6 is 0 Å². The monoisotopic (exact) mass is 240 g/mol. The Morgan fingerprint density at radius 3 is 2.76 bits per heavy atom. The van der Waals surface area contributed by atoms with Gasteiger partial charge in [-0.1, -0.05) is 32.6 Å². The summed E-state index contributed by atoms with van der Waals surface area (Å²) in [6.07, 6.45) is 9.06. The van der Waals surface area contributed by atoms with Crippen molar-refractivity contribution in [2.45, 2.75) is 77.3 Å². The summed E-state index contributed by atoms with van der Waals surface area (Å²) in [6, 6.07) is 0.764. The van der Waals surface area contributed by atoms with Gasteiger partial charge in [-0.25, -0.2) is 0 Å².